The number of halogens is 1. The highest BCUT2D eigenvalue weighted by molar-refractivity contribution is 5.64. The van der Waals surface area contributed by atoms with Crippen molar-refractivity contribution >= 4 is 5.76 Å². The number of nitrogens with zero attached hydrogens (tertiary/aromatic N) is 1. The standard InChI is InChI=1S/C23H18FNO2/c1-16-6-8-17(9-7-16)21(26)14-23(18-10-12-20(24)13-11-18)27-22-5-3-2-4-19(22)15-25/h2-14,21,26H,1H3/b23-14-. The Morgan fingerprint density at radius 2 is 1.70 bits per heavy atom. The molecule has 0 saturated heterocycles. The third kappa shape index (κ3) is 4.60. The van der Waals surface area contributed by atoms with Gasteiger partial charge in [-0.05, 0) is 55.0 Å². The van der Waals surface area contributed by atoms with E-state index in [1.54, 1.807) is 42.5 Å². The topological polar surface area (TPSA) is 53.2 Å². The molecule has 0 aliphatic rings. The second-order valence-corrected chi connectivity index (χ2v) is 6.10. The minimum absolute atomic E-state index is 0.339. The van der Waals surface area contributed by atoms with E-state index in [1.807, 2.05) is 31.2 Å². The van der Waals surface area contributed by atoms with Crippen LogP contribution in [-0.4, -0.2) is 5.11 Å². The zero-order valence-corrected chi connectivity index (χ0v) is 14.8. The zero-order valence-electron chi connectivity index (χ0n) is 14.8. The molecule has 27 heavy (non-hydrogen) atoms. The van der Waals surface area contributed by atoms with Crippen LogP contribution >= 0.6 is 0 Å². The van der Waals surface area contributed by atoms with Crippen molar-refractivity contribution in [1.82, 2.24) is 0 Å². The number of para-hydroxylation sites is 1. The molecule has 3 rings (SSSR count). The number of aryl methyl sites for hydroxylation is 1. The summed E-state index contributed by atoms with van der Waals surface area (Å²) in [7, 11) is 0. The van der Waals surface area contributed by atoms with E-state index in [-0.39, 0.29) is 5.82 Å². The molecule has 0 aromatic heterocycles. The molecule has 0 spiro atoms. The lowest BCUT2D eigenvalue weighted by molar-refractivity contribution is 0.227. The van der Waals surface area contributed by atoms with E-state index >= 15 is 0 Å². The van der Waals surface area contributed by atoms with E-state index in [4.69, 9.17) is 4.74 Å². The number of rotatable bonds is 5. The summed E-state index contributed by atoms with van der Waals surface area (Å²) in [6.45, 7) is 1.97. The van der Waals surface area contributed by atoms with Crippen LogP contribution < -0.4 is 4.74 Å². The van der Waals surface area contributed by atoms with Crippen molar-refractivity contribution in [3.8, 4) is 11.8 Å². The van der Waals surface area contributed by atoms with Crippen LogP contribution in [0.4, 0.5) is 4.39 Å². The third-order valence-corrected chi connectivity index (χ3v) is 4.08. The minimum atomic E-state index is -0.917. The third-order valence-electron chi connectivity index (χ3n) is 4.08. The Labute approximate surface area is 157 Å². The van der Waals surface area contributed by atoms with Crippen molar-refractivity contribution in [1.29, 1.82) is 5.26 Å². The van der Waals surface area contributed by atoms with Gasteiger partial charge in [0, 0.05) is 5.56 Å². The Morgan fingerprint density at radius 1 is 1.04 bits per heavy atom. The first-order valence-corrected chi connectivity index (χ1v) is 8.46. The fraction of sp³-hybridized carbons (Fsp3) is 0.0870. The van der Waals surface area contributed by atoms with Gasteiger partial charge in [-0.25, -0.2) is 4.39 Å². The molecule has 0 amide bonds. The van der Waals surface area contributed by atoms with E-state index in [9.17, 15) is 14.8 Å². The molecule has 134 valence electrons. The molecule has 0 aliphatic heterocycles. The molecule has 3 aromatic carbocycles. The highest BCUT2D eigenvalue weighted by atomic mass is 19.1. The van der Waals surface area contributed by atoms with Gasteiger partial charge in [-0.15, -0.1) is 0 Å². The second-order valence-electron chi connectivity index (χ2n) is 6.10. The first kappa shape index (κ1) is 18.4. The molecule has 1 atom stereocenters. The van der Waals surface area contributed by atoms with Crippen LogP contribution in [0.25, 0.3) is 5.76 Å². The summed E-state index contributed by atoms with van der Waals surface area (Å²) in [4.78, 5) is 0. The molecule has 1 unspecified atom stereocenters. The van der Waals surface area contributed by atoms with Gasteiger partial charge in [0.05, 0.1) is 5.56 Å². The van der Waals surface area contributed by atoms with Gasteiger partial charge in [0.1, 0.15) is 29.5 Å². The summed E-state index contributed by atoms with van der Waals surface area (Å²) in [6.07, 6.45) is 0.631. The fourth-order valence-corrected chi connectivity index (χ4v) is 2.57. The molecular weight excluding hydrogens is 341 g/mol. The minimum Gasteiger partial charge on any atom is -0.456 e. The van der Waals surface area contributed by atoms with Gasteiger partial charge in [0.15, 0.2) is 0 Å². The van der Waals surface area contributed by atoms with Crippen molar-refractivity contribution in [2.24, 2.45) is 0 Å². The summed E-state index contributed by atoms with van der Waals surface area (Å²) < 4.78 is 19.2. The molecule has 4 heteroatoms. The van der Waals surface area contributed by atoms with Crippen LogP contribution in [0.5, 0.6) is 5.75 Å². The smallest absolute Gasteiger partial charge is 0.145 e. The van der Waals surface area contributed by atoms with Gasteiger partial charge in [0.25, 0.3) is 0 Å². The average Bonchev–Trinajstić information content (AvgIpc) is 2.69. The molecule has 1 N–H and O–H groups in total. The van der Waals surface area contributed by atoms with Gasteiger partial charge in [-0.2, -0.15) is 5.26 Å². The van der Waals surface area contributed by atoms with Gasteiger partial charge in [-0.1, -0.05) is 42.0 Å². The summed E-state index contributed by atoms with van der Waals surface area (Å²) in [5, 5.41) is 19.9. The average molecular weight is 359 g/mol. The maximum Gasteiger partial charge on any atom is 0.145 e. The van der Waals surface area contributed by atoms with E-state index in [1.165, 1.54) is 12.1 Å². The van der Waals surface area contributed by atoms with Crippen LogP contribution in [-0.2, 0) is 0 Å². The molecule has 0 saturated carbocycles. The number of hydrogen-bond acceptors (Lipinski definition) is 3. The zero-order chi connectivity index (χ0) is 19.2. The van der Waals surface area contributed by atoms with Crippen molar-refractivity contribution in [2.75, 3.05) is 0 Å². The molecule has 0 heterocycles. The summed E-state index contributed by atoms with van der Waals surface area (Å²) >= 11 is 0. The van der Waals surface area contributed by atoms with E-state index in [2.05, 4.69) is 6.07 Å². The van der Waals surface area contributed by atoms with Gasteiger partial charge in [-0.3, -0.25) is 0 Å². The number of aliphatic hydroxyl groups is 1. The molecule has 3 nitrogen and oxygen atoms in total. The molecular formula is C23H18FNO2. The SMILES string of the molecule is Cc1ccc(C(O)/C=C(\Oc2ccccc2C#N)c2ccc(F)cc2)cc1. The van der Waals surface area contributed by atoms with Crippen LogP contribution in [0.2, 0.25) is 0 Å². The van der Waals surface area contributed by atoms with E-state index < -0.39 is 6.10 Å². The molecule has 0 radical (unpaired) electrons. The van der Waals surface area contributed by atoms with Crippen molar-refractivity contribution < 1.29 is 14.2 Å². The van der Waals surface area contributed by atoms with Gasteiger partial charge in [0.2, 0.25) is 0 Å². The van der Waals surface area contributed by atoms with Crippen molar-refractivity contribution in [3.63, 3.8) is 0 Å². The molecule has 3 aromatic rings. The molecule has 0 aliphatic carbocycles. The Bertz CT molecular complexity index is 986. The lowest BCUT2D eigenvalue weighted by atomic mass is 10.0. The fourth-order valence-electron chi connectivity index (χ4n) is 2.57. The summed E-state index contributed by atoms with van der Waals surface area (Å²) in [6, 6.07) is 22.2. The maximum absolute atomic E-state index is 13.3. The predicted octanol–water partition coefficient (Wildman–Crippen LogP) is 5.16. The van der Waals surface area contributed by atoms with Crippen molar-refractivity contribution in [2.45, 2.75) is 13.0 Å². The normalized spacial score (nSPS) is 12.3. The number of hydrogen-bond donors (Lipinski definition) is 1. The van der Waals surface area contributed by atoms with Crippen LogP contribution in [0.1, 0.15) is 28.4 Å². The first-order valence-electron chi connectivity index (χ1n) is 8.46. The van der Waals surface area contributed by atoms with Gasteiger partial charge >= 0.3 is 0 Å². The van der Waals surface area contributed by atoms with E-state index in [0.717, 1.165) is 5.56 Å². The Kier molecular flexibility index (Phi) is 5.65. The molecule has 0 bridgehead atoms. The summed E-state index contributed by atoms with van der Waals surface area (Å²) in [5.74, 6) is 0.340. The Balaban J connectivity index is 2.00. The van der Waals surface area contributed by atoms with Crippen LogP contribution in [0, 0.1) is 24.1 Å². The first-order chi connectivity index (χ1) is 13.1. The highest BCUT2D eigenvalue weighted by Gasteiger charge is 2.13. The summed E-state index contributed by atoms with van der Waals surface area (Å²) in [5.41, 5.74) is 2.76. The lowest BCUT2D eigenvalue weighted by Gasteiger charge is -2.14. The monoisotopic (exact) mass is 359 g/mol. The highest BCUT2D eigenvalue weighted by Crippen LogP contribution is 2.27. The van der Waals surface area contributed by atoms with Crippen molar-refractivity contribution in [3.05, 3.63) is 107 Å². The molecule has 0 fully saturated rings. The number of nitriles is 1. The predicted molar refractivity (Wildman–Crippen MR) is 102 cm³/mol. The van der Waals surface area contributed by atoms with Crippen LogP contribution in [0.3, 0.4) is 0 Å². The lowest BCUT2D eigenvalue weighted by Crippen LogP contribution is -2.01. The maximum atomic E-state index is 13.3. The Morgan fingerprint density at radius 3 is 2.37 bits per heavy atom. The van der Waals surface area contributed by atoms with Crippen LogP contribution in [0.15, 0.2) is 78.9 Å². The number of benzene rings is 3. The number of aliphatic hydroxyl groups excluding tert-OH is 1. The quantitative estimate of drug-likeness (QED) is 0.640. The van der Waals surface area contributed by atoms with Gasteiger partial charge < -0.3 is 9.84 Å². The Hall–Kier alpha value is -3.42. The number of ether oxygens (including phenoxy) is 1. The largest absolute Gasteiger partial charge is 0.456 e. The van der Waals surface area contributed by atoms with E-state index in [0.29, 0.717) is 28.2 Å². The second kappa shape index (κ2) is 8.31.